The summed E-state index contributed by atoms with van der Waals surface area (Å²) in [5.41, 5.74) is 8.13. The number of benzene rings is 2. The fourth-order valence-electron chi connectivity index (χ4n) is 2.18. The largest absolute Gasteiger partial charge is 0.382 e. The highest BCUT2D eigenvalue weighted by atomic mass is 79.9. The van der Waals surface area contributed by atoms with Crippen LogP contribution in [0.25, 0.3) is 22.4 Å². The second-order valence-electron chi connectivity index (χ2n) is 4.46. The lowest BCUT2D eigenvalue weighted by Crippen LogP contribution is -1.91. The number of aromatic nitrogens is 2. The molecule has 0 amide bonds. The van der Waals surface area contributed by atoms with Gasteiger partial charge in [-0.1, -0.05) is 45.7 Å². The van der Waals surface area contributed by atoms with E-state index in [4.69, 9.17) is 17.3 Å². The number of H-pyrrole nitrogens is 1. The Balaban J connectivity index is 2.25. The molecule has 1 heterocycles. The van der Waals surface area contributed by atoms with Crippen molar-refractivity contribution in [1.29, 1.82) is 0 Å². The lowest BCUT2D eigenvalue weighted by Gasteiger charge is -2.08. The van der Waals surface area contributed by atoms with E-state index in [1.165, 1.54) is 6.07 Å². The topological polar surface area (TPSA) is 54.7 Å². The average molecular weight is 367 g/mol. The molecule has 2 aromatic carbocycles. The highest BCUT2D eigenvalue weighted by molar-refractivity contribution is 9.10. The van der Waals surface area contributed by atoms with Crippen LogP contribution in [0.5, 0.6) is 0 Å². The molecule has 0 spiro atoms. The van der Waals surface area contributed by atoms with Gasteiger partial charge in [0.1, 0.15) is 5.82 Å². The molecule has 0 atom stereocenters. The van der Waals surface area contributed by atoms with Crippen molar-refractivity contribution in [3.63, 3.8) is 0 Å². The Morgan fingerprint density at radius 3 is 2.62 bits per heavy atom. The number of rotatable bonds is 2. The van der Waals surface area contributed by atoms with Gasteiger partial charge < -0.3 is 5.73 Å². The van der Waals surface area contributed by atoms with E-state index in [0.29, 0.717) is 31.9 Å². The van der Waals surface area contributed by atoms with Crippen molar-refractivity contribution in [3.8, 4) is 22.4 Å². The molecular formula is C15H10BrClFN3. The predicted molar refractivity (Wildman–Crippen MR) is 86.5 cm³/mol. The molecule has 0 saturated heterocycles. The first kappa shape index (κ1) is 14.1. The van der Waals surface area contributed by atoms with Gasteiger partial charge in [0.2, 0.25) is 0 Å². The molecule has 1 aromatic heterocycles. The van der Waals surface area contributed by atoms with Crippen LogP contribution >= 0.6 is 27.5 Å². The van der Waals surface area contributed by atoms with Crippen LogP contribution in [0.3, 0.4) is 0 Å². The number of nitrogens with two attached hydrogens (primary N) is 1. The van der Waals surface area contributed by atoms with E-state index in [0.717, 1.165) is 0 Å². The van der Waals surface area contributed by atoms with Gasteiger partial charge >= 0.3 is 0 Å². The van der Waals surface area contributed by atoms with Gasteiger partial charge in [-0.05, 0) is 24.3 Å². The molecular weight excluding hydrogens is 357 g/mol. The maximum Gasteiger partial charge on any atom is 0.153 e. The third-order valence-electron chi connectivity index (χ3n) is 3.14. The smallest absolute Gasteiger partial charge is 0.153 e. The maximum absolute atomic E-state index is 14.2. The van der Waals surface area contributed by atoms with Gasteiger partial charge in [-0.15, -0.1) is 0 Å². The van der Waals surface area contributed by atoms with Crippen LogP contribution in [0.2, 0.25) is 5.02 Å². The summed E-state index contributed by atoms with van der Waals surface area (Å²) in [7, 11) is 0. The quantitative estimate of drug-likeness (QED) is 0.679. The average Bonchev–Trinajstić information content (AvgIpc) is 2.81. The molecule has 106 valence electrons. The van der Waals surface area contributed by atoms with Crippen molar-refractivity contribution in [2.75, 3.05) is 5.73 Å². The lowest BCUT2D eigenvalue weighted by molar-refractivity contribution is 0.630. The molecule has 0 bridgehead atoms. The van der Waals surface area contributed by atoms with Gasteiger partial charge in [0.15, 0.2) is 5.82 Å². The van der Waals surface area contributed by atoms with Gasteiger partial charge in [0.25, 0.3) is 0 Å². The Labute approximate surface area is 134 Å². The van der Waals surface area contributed by atoms with E-state index in [9.17, 15) is 4.39 Å². The van der Waals surface area contributed by atoms with Crippen LogP contribution in [0.15, 0.2) is 46.9 Å². The Bertz CT molecular complexity index is 816. The molecule has 0 fully saturated rings. The lowest BCUT2D eigenvalue weighted by atomic mass is 10.0. The molecule has 3 N–H and O–H groups in total. The van der Waals surface area contributed by atoms with Crippen LogP contribution in [0.4, 0.5) is 10.2 Å². The third-order valence-corrected chi connectivity index (χ3v) is 3.96. The van der Waals surface area contributed by atoms with E-state index < -0.39 is 0 Å². The summed E-state index contributed by atoms with van der Waals surface area (Å²) in [4.78, 5) is 0. The molecule has 0 aliphatic rings. The normalized spacial score (nSPS) is 10.8. The van der Waals surface area contributed by atoms with Crippen molar-refractivity contribution >= 4 is 33.3 Å². The molecule has 3 nitrogen and oxygen atoms in total. The number of halogens is 3. The molecule has 3 aromatic rings. The zero-order valence-electron chi connectivity index (χ0n) is 10.7. The zero-order valence-corrected chi connectivity index (χ0v) is 13.0. The summed E-state index contributed by atoms with van der Waals surface area (Å²) in [6.45, 7) is 0. The second-order valence-corrected chi connectivity index (χ2v) is 5.79. The van der Waals surface area contributed by atoms with Crippen molar-refractivity contribution < 1.29 is 4.39 Å². The zero-order chi connectivity index (χ0) is 15.0. The Morgan fingerprint density at radius 2 is 1.90 bits per heavy atom. The van der Waals surface area contributed by atoms with E-state index in [1.807, 2.05) is 18.2 Å². The summed E-state index contributed by atoms with van der Waals surface area (Å²) in [5, 5.41) is 7.31. The van der Waals surface area contributed by atoms with Crippen LogP contribution in [0.1, 0.15) is 0 Å². The van der Waals surface area contributed by atoms with Crippen molar-refractivity contribution in [3.05, 3.63) is 57.8 Å². The van der Waals surface area contributed by atoms with Crippen molar-refractivity contribution in [1.82, 2.24) is 10.2 Å². The molecule has 3 rings (SSSR count). The number of nitrogens with zero attached hydrogens (tertiary/aromatic N) is 1. The summed E-state index contributed by atoms with van der Waals surface area (Å²) >= 11 is 9.45. The minimum Gasteiger partial charge on any atom is -0.382 e. The van der Waals surface area contributed by atoms with Gasteiger partial charge in [0, 0.05) is 20.6 Å². The van der Waals surface area contributed by atoms with Crippen LogP contribution in [-0.2, 0) is 0 Å². The number of hydrogen-bond donors (Lipinski definition) is 2. The first-order chi connectivity index (χ1) is 10.1. The second kappa shape index (κ2) is 5.50. The molecule has 0 unspecified atom stereocenters. The third kappa shape index (κ3) is 2.54. The maximum atomic E-state index is 14.2. The predicted octanol–water partition coefficient (Wildman–Crippen LogP) is 4.88. The first-order valence-electron chi connectivity index (χ1n) is 6.12. The summed E-state index contributed by atoms with van der Waals surface area (Å²) in [6.07, 6.45) is 0. The number of aromatic amines is 1. The molecule has 0 aliphatic carbocycles. The Kier molecular flexibility index (Phi) is 3.69. The van der Waals surface area contributed by atoms with E-state index in [2.05, 4.69) is 26.1 Å². The number of hydrogen-bond acceptors (Lipinski definition) is 2. The number of nitrogen functional groups attached to an aromatic ring is 1. The van der Waals surface area contributed by atoms with E-state index in [1.54, 1.807) is 18.2 Å². The van der Waals surface area contributed by atoms with Gasteiger partial charge in [-0.25, -0.2) is 4.39 Å². The van der Waals surface area contributed by atoms with E-state index >= 15 is 0 Å². The summed E-state index contributed by atoms with van der Waals surface area (Å²) in [5.74, 6) is -0.0956. The SMILES string of the molecule is Nc1n[nH]c(-c2ccc(Br)cc2F)c1-c1ccccc1Cl. The van der Waals surface area contributed by atoms with Crippen LogP contribution in [0, 0.1) is 5.82 Å². The number of nitrogens with one attached hydrogen (secondary N) is 1. The fourth-order valence-corrected chi connectivity index (χ4v) is 2.74. The van der Waals surface area contributed by atoms with Gasteiger partial charge in [0.05, 0.1) is 11.3 Å². The Hall–Kier alpha value is -1.85. The molecule has 6 heteroatoms. The van der Waals surface area contributed by atoms with Crippen molar-refractivity contribution in [2.45, 2.75) is 0 Å². The highest BCUT2D eigenvalue weighted by Crippen LogP contribution is 2.39. The number of anilines is 1. The summed E-state index contributed by atoms with van der Waals surface area (Å²) < 4.78 is 14.9. The summed E-state index contributed by atoms with van der Waals surface area (Å²) in [6, 6.07) is 12.0. The minimum atomic E-state index is -0.374. The minimum absolute atomic E-state index is 0.278. The monoisotopic (exact) mass is 365 g/mol. The molecule has 0 saturated carbocycles. The standard InChI is InChI=1S/C15H10BrClFN3/c16-8-5-6-10(12(18)7-8)14-13(15(19)21-20-14)9-3-1-2-4-11(9)17/h1-7H,(H3,19,20,21). The van der Waals surface area contributed by atoms with Gasteiger partial charge in [-0.3, -0.25) is 5.10 Å². The Morgan fingerprint density at radius 1 is 1.14 bits per heavy atom. The van der Waals surface area contributed by atoms with E-state index in [-0.39, 0.29) is 11.6 Å². The molecule has 21 heavy (non-hydrogen) atoms. The van der Waals surface area contributed by atoms with Crippen molar-refractivity contribution in [2.24, 2.45) is 0 Å². The first-order valence-corrected chi connectivity index (χ1v) is 7.29. The van der Waals surface area contributed by atoms with Crippen LogP contribution < -0.4 is 5.73 Å². The highest BCUT2D eigenvalue weighted by Gasteiger charge is 2.19. The molecule has 0 aliphatic heterocycles. The van der Waals surface area contributed by atoms with Crippen LogP contribution in [-0.4, -0.2) is 10.2 Å². The fraction of sp³-hybridized carbons (Fsp3) is 0. The molecule has 0 radical (unpaired) electrons. The van der Waals surface area contributed by atoms with Gasteiger partial charge in [-0.2, -0.15) is 5.10 Å².